The molecular weight excluding hydrogens is 214 g/mol. The maximum atomic E-state index is 9.94. The fourth-order valence-electron chi connectivity index (χ4n) is 1.01. The number of rotatable bonds is 6. The van der Waals surface area contributed by atoms with E-state index in [-0.39, 0.29) is 5.96 Å². The second-order valence-electron chi connectivity index (χ2n) is 2.91. The van der Waals surface area contributed by atoms with Crippen LogP contribution in [0.5, 0.6) is 0 Å². The van der Waals surface area contributed by atoms with Gasteiger partial charge in [0.1, 0.15) is 0 Å². The highest BCUT2D eigenvalue weighted by Crippen LogP contribution is 1.88. The molecule has 0 unspecified atom stereocenters. The van der Waals surface area contributed by atoms with Crippen molar-refractivity contribution in [3.8, 4) is 0 Å². The first-order valence-corrected chi connectivity index (χ1v) is 4.61. The van der Waals surface area contributed by atoms with Crippen molar-refractivity contribution in [2.24, 2.45) is 0 Å². The van der Waals surface area contributed by atoms with Crippen molar-refractivity contribution in [2.75, 3.05) is 13.1 Å². The van der Waals surface area contributed by atoms with E-state index in [1.165, 1.54) is 0 Å². The maximum absolute atomic E-state index is 9.94. The van der Waals surface area contributed by atoms with E-state index >= 15 is 0 Å². The molecule has 0 amide bonds. The van der Waals surface area contributed by atoms with Gasteiger partial charge in [0.05, 0.1) is 5.69 Å². The van der Waals surface area contributed by atoms with Crippen LogP contribution < -0.4 is 16.1 Å². The lowest BCUT2D eigenvalue weighted by Gasteiger charge is -2.05. The smallest absolute Gasteiger partial charge is 0.251 e. The minimum Gasteiger partial charge on any atom is -0.351 e. The van der Waals surface area contributed by atoms with Crippen LogP contribution in [0.3, 0.4) is 0 Å². The van der Waals surface area contributed by atoms with Gasteiger partial charge in [-0.1, -0.05) is 5.43 Å². The van der Waals surface area contributed by atoms with Crippen LogP contribution in [0.2, 0.25) is 0 Å². The van der Waals surface area contributed by atoms with E-state index < -0.39 is 5.03 Å². The molecule has 0 aromatic carbocycles. The van der Waals surface area contributed by atoms with Crippen LogP contribution in [-0.4, -0.2) is 34.3 Å². The average Bonchev–Trinajstić information content (AvgIpc) is 2.68. The summed E-state index contributed by atoms with van der Waals surface area (Å²) in [5.41, 5.74) is 2.58. The molecule has 0 atom stereocenters. The van der Waals surface area contributed by atoms with E-state index in [2.05, 4.69) is 20.8 Å². The van der Waals surface area contributed by atoms with Crippen LogP contribution in [0.4, 0.5) is 0 Å². The third-order valence-corrected chi connectivity index (χ3v) is 1.67. The second kappa shape index (κ2) is 6.35. The lowest BCUT2D eigenvalue weighted by molar-refractivity contribution is -0.525. The zero-order valence-electron chi connectivity index (χ0n) is 8.49. The summed E-state index contributed by atoms with van der Waals surface area (Å²) in [5, 5.41) is 28.5. The van der Waals surface area contributed by atoms with E-state index in [0.717, 1.165) is 5.69 Å². The van der Waals surface area contributed by atoms with Crippen molar-refractivity contribution in [1.82, 2.24) is 26.3 Å². The lowest BCUT2D eigenvalue weighted by Crippen LogP contribution is -2.42. The van der Waals surface area contributed by atoms with Gasteiger partial charge in [0.25, 0.3) is 5.96 Å². The zero-order chi connectivity index (χ0) is 11.8. The molecule has 16 heavy (non-hydrogen) atoms. The average molecular weight is 227 g/mol. The first kappa shape index (κ1) is 11.9. The van der Waals surface area contributed by atoms with Gasteiger partial charge in [-0.25, -0.2) is 10.1 Å². The molecule has 0 fully saturated rings. The molecular formula is C7H13N7O2. The first-order valence-electron chi connectivity index (χ1n) is 4.61. The monoisotopic (exact) mass is 227 g/mol. The highest BCUT2D eigenvalue weighted by atomic mass is 16.7. The Morgan fingerprint density at radius 3 is 3.06 bits per heavy atom. The van der Waals surface area contributed by atoms with E-state index in [1.54, 1.807) is 11.6 Å². The topological polar surface area (TPSA) is 132 Å². The fourth-order valence-corrected chi connectivity index (χ4v) is 1.01. The summed E-state index contributed by atoms with van der Waals surface area (Å²) < 4.78 is 0. The summed E-state index contributed by atoms with van der Waals surface area (Å²) in [4.78, 5) is 9.94. The van der Waals surface area contributed by atoms with Crippen LogP contribution in [0.25, 0.3) is 0 Å². The number of nitrogens with zero attached hydrogens (tertiary/aromatic N) is 2. The SMILES string of the molecule is N=C(NCCNCc1cc[nH]n1)N[N+](=O)[O-]. The molecule has 9 heteroatoms. The van der Waals surface area contributed by atoms with E-state index in [9.17, 15) is 10.1 Å². The van der Waals surface area contributed by atoms with Gasteiger partial charge < -0.3 is 10.6 Å². The summed E-state index contributed by atoms with van der Waals surface area (Å²) in [5.74, 6) is -0.327. The summed E-state index contributed by atoms with van der Waals surface area (Å²) >= 11 is 0. The number of H-pyrrole nitrogens is 1. The molecule has 9 nitrogen and oxygen atoms in total. The molecule has 0 aliphatic heterocycles. The first-order chi connectivity index (χ1) is 7.68. The van der Waals surface area contributed by atoms with Crippen molar-refractivity contribution >= 4 is 5.96 Å². The summed E-state index contributed by atoms with van der Waals surface area (Å²) in [7, 11) is 0. The Labute approximate surface area is 91.2 Å². The van der Waals surface area contributed by atoms with Gasteiger partial charge in [-0.05, 0) is 6.07 Å². The van der Waals surface area contributed by atoms with Crippen molar-refractivity contribution in [1.29, 1.82) is 5.41 Å². The number of nitro groups is 1. The van der Waals surface area contributed by atoms with Crippen LogP contribution in [-0.2, 0) is 6.54 Å². The molecule has 0 saturated heterocycles. The summed E-state index contributed by atoms with van der Waals surface area (Å²) in [6, 6.07) is 1.84. The third kappa shape index (κ3) is 4.91. The van der Waals surface area contributed by atoms with E-state index in [1.807, 2.05) is 6.07 Å². The Kier molecular flexibility index (Phi) is 4.73. The highest BCUT2D eigenvalue weighted by molar-refractivity contribution is 5.74. The molecule has 1 aromatic rings. The Bertz CT molecular complexity index is 337. The van der Waals surface area contributed by atoms with Gasteiger partial charge in [-0.2, -0.15) is 5.10 Å². The lowest BCUT2D eigenvalue weighted by atomic mass is 10.4. The molecule has 1 aromatic heterocycles. The van der Waals surface area contributed by atoms with E-state index in [4.69, 9.17) is 5.41 Å². The zero-order valence-corrected chi connectivity index (χ0v) is 8.49. The van der Waals surface area contributed by atoms with Crippen LogP contribution >= 0.6 is 0 Å². The molecule has 0 spiro atoms. The van der Waals surface area contributed by atoms with Crippen molar-refractivity contribution in [3.05, 3.63) is 28.1 Å². The van der Waals surface area contributed by atoms with Crippen molar-refractivity contribution in [2.45, 2.75) is 6.54 Å². The number of aromatic nitrogens is 2. The number of nitrogens with one attached hydrogen (secondary N) is 5. The predicted octanol–water partition coefficient (Wildman–Crippen LogP) is -1.20. The summed E-state index contributed by atoms with van der Waals surface area (Å²) in [6.45, 7) is 1.61. The van der Waals surface area contributed by atoms with Crippen LogP contribution in [0.1, 0.15) is 5.69 Å². The number of aromatic amines is 1. The quantitative estimate of drug-likeness (QED) is 0.136. The Hall–Kier alpha value is -2.16. The Morgan fingerprint density at radius 1 is 1.62 bits per heavy atom. The van der Waals surface area contributed by atoms with Crippen LogP contribution in [0, 0.1) is 15.5 Å². The minimum atomic E-state index is -0.785. The molecule has 88 valence electrons. The van der Waals surface area contributed by atoms with Crippen molar-refractivity contribution in [3.63, 3.8) is 0 Å². The largest absolute Gasteiger partial charge is 0.351 e. The number of hydrogen-bond donors (Lipinski definition) is 5. The van der Waals surface area contributed by atoms with Gasteiger partial charge in [0.15, 0.2) is 5.03 Å². The Morgan fingerprint density at radius 2 is 2.44 bits per heavy atom. The van der Waals surface area contributed by atoms with Gasteiger partial charge >= 0.3 is 0 Å². The number of hydrazine groups is 1. The second-order valence-corrected chi connectivity index (χ2v) is 2.91. The molecule has 1 rings (SSSR count). The molecule has 0 aliphatic rings. The van der Waals surface area contributed by atoms with Gasteiger partial charge in [-0.3, -0.25) is 10.5 Å². The van der Waals surface area contributed by atoms with E-state index in [0.29, 0.717) is 19.6 Å². The predicted molar refractivity (Wildman–Crippen MR) is 56.2 cm³/mol. The van der Waals surface area contributed by atoms with Crippen molar-refractivity contribution < 1.29 is 5.03 Å². The standard InChI is InChI=1S/C7H13N7O2/c8-7(13-14(15)16)10-4-3-9-5-6-1-2-11-12-6/h1-2,9H,3-5H2,(H,11,12)(H3,8,10,13). The fraction of sp³-hybridized carbons (Fsp3) is 0.429. The highest BCUT2D eigenvalue weighted by Gasteiger charge is 2.00. The molecule has 5 N–H and O–H groups in total. The third-order valence-electron chi connectivity index (χ3n) is 1.67. The normalized spacial score (nSPS) is 9.75. The molecule has 0 bridgehead atoms. The molecule has 0 saturated carbocycles. The van der Waals surface area contributed by atoms with Gasteiger partial charge in [0, 0.05) is 25.8 Å². The number of guanidine groups is 1. The maximum Gasteiger partial charge on any atom is 0.251 e. The summed E-state index contributed by atoms with van der Waals surface area (Å²) in [6.07, 6.45) is 1.73. The van der Waals surface area contributed by atoms with Crippen LogP contribution in [0.15, 0.2) is 12.3 Å². The Balaban J connectivity index is 2.00. The van der Waals surface area contributed by atoms with Gasteiger partial charge in [-0.15, -0.1) is 0 Å². The molecule has 1 heterocycles. The van der Waals surface area contributed by atoms with Gasteiger partial charge in [0.2, 0.25) is 0 Å². The number of hydrogen-bond acceptors (Lipinski definition) is 5. The molecule has 0 radical (unpaired) electrons. The molecule has 0 aliphatic carbocycles. The minimum absolute atomic E-state index is 0.327.